The summed E-state index contributed by atoms with van der Waals surface area (Å²) in [5.74, 6) is 0. The molecule has 78 valence electrons. The van der Waals surface area contributed by atoms with E-state index in [2.05, 4.69) is 0 Å². The van der Waals surface area contributed by atoms with Gasteiger partial charge in [-0.25, -0.2) is 0 Å². The SMILES string of the molecule is P.P.[O-2].[O-2].[O-2].[O-2].[O-2].[PbH2].[PbH2].[V].[V]. The Morgan fingerprint density at radius 3 is 0.364 bits per heavy atom. The fourth-order valence-electron chi connectivity index (χ4n) is 0. The molecule has 0 aromatic rings. The first-order chi connectivity index (χ1) is 0. The Bertz CT molecular complexity index is 20.4. The van der Waals surface area contributed by atoms with Gasteiger partial charge in [0.15, 0.2) is 0 Å². The quantitative estimate of drug-likeness (QED) is 0.202. The average molecular weight is 668 g/mol. The Balaban J connectivity index is 0. The Morgan fingerprint density at radius 1 is 0.364 bits per heavy atom. The molecule has 0 aromatic carbocycles. The second kappa shape index (κ2) is 163. The topological polar surface area (TPSA) is 142 Å². The Kier molecular flexibility index (Phi) is 3010. The van der Waals surface area contributed by atoms with E-state index in [0.29, 0.717) is 0 Å². The molecule has 0 rings (SSSR count). The molecule has 6 radical (unpaired) electrons. The summed E-state index contributed by atoms with van der Waals surface area (Å²) in [5.41, 5.74) is 0. The fourth-order valence-corrected chi connectivity index (χ4v) is 0. The number of hydrogen-bond acceptors (Lipinski definition) is 0. The molecule has 0 spiro atoms. The Hall–Kier alpha value is 3.67. The van der Waals surface area contributed by atoms with Crippen LogP contribution in [0.3, 0.4) is 0 Å². The minimum absolute atomic E-state index is 0. The van der Waals surface area contributed by atoms with Gasteiger partial charge in [0.2, 0.25) is 0 Å². The Labute approximate surface area is 137 Å². The monoisotopic (exact) mass is 670 g/mol. The van der Waals surface area contributed by atoms with E-state index in [1.54, 1.807) is 0 Å². The van der Waals surface area contributed by atoms with Crippen LogP contribution >= 0.6 is 19.8 Å². The summed E-state index contributed by atoms with van der Waals surface area (Å²) < 4.78 is 0. The van der Waals surface area contributed by atoms with Crippen LogP contribution in [0.5, 0.6) is 0 Å². The molecule has 11 heavy (non-hydrogen) atoms. The van der Waals surface area contributed by atoms with Crippen LogP contribution in [0.4, 0.5) is 0 Å². The maximum atomic E-state index is 0. The van der Waals surface area contributed by atoms with Gasteiger partial charge in [-0.05, 0) is 0 Å². The van der Waals surface area contributed by atoms with Gasteiger partial charge in [0.05, 0.1) is 0 Å². The zero-order valence-electron chi connectivity index (χ0n) is 5.76. The van der Waals surface area contributed by atoms with Crippen LogP contribution in [0.25, 0.3) is 0 Å². The third-order valence-corrected chi connectivity index (χ3v) is 0. The van der Waals surface area contributed by atoms with Gasteiger partial charge in [0.1, 0.15) is 0 Å². The van der Waals surface area contributed by atoms with E-state index in [0.717, 1.165) is 0 Å². The molecule has 0 heterocycles. The standard InChI is InChI=1S/5O.2H3P.2Pb.2V.4H/h;;;;;2*1H3;;;;;;;;/q5*-2;;;;;;;;;;. The van der Waals surface area contributed by atoms with Gasteiger partial charge < -0.3 is 27.4 Å². The minimum atomic E-state index is 0. The van der Waals surface area contributed by atoms with E-state index < -0.39 is 0 Å². The zero-order valence-corrected chi connectivity index (χ0v) is 22.4. The molecule has 0 saturated heterocycles. The molecule has 0 amide bonds. The van der Waals surface area contributed by atoms with Crippen LogP contribution in [-0.4, -0.2) is 54.6 Å². The second-order valence-corrected chi connectivity index (χ2v) is 0. The first-order valence-electron chi connectivity index (χ1n) is 0. The van der Waals surface area contributed by atoms with Crippen molar-refractivity contribution in [3.8, 4) is 0 Å². The van der Waals surface area contributed by atoms with Crippen molar-refractivity contribution < 1.29 is 64.5 Å². The van der Waals surface area contributed by atoms with Gasteiger partial charge >= 0.3 is 54.6 Å². The molecule has 0 fully saturated rings. The molecule has 0 saturated carbocycles. The van der Waals surface area contributed by atoms with Crippen LogP contribution < -0.4 is 0 Å². The van der Waals surface area contributed by atoms with E-state index in [4.69, 9.17) is 0 Å². The normalized spacial score (nSPS) is 0. The summed E-state index contributed by atoms with van der Waals surface area (Å²) in [6.07, 6.45) is 0. The second-order valence-electron chi connectivity index (χ2n) is 0. The molecule has 0 aliphatic rings. The fraction of sp³-hybridized carbons (Fsp3) is 0. The van der Waals surface area contributed by atoms with E-state index in [1.165, 1.54) is 0 Å². The summed E-state index contributed by atoms with van der Waals surface area (Å²) in [5, 5.41) is 0. The molecule has 0 bridgehead atoms. The summed E-state index contributed by atoms with van der Waals surface area (Å²) >= 11 is 0. The first-order valence-corrected chi connectivity index (χ1v) is 0. The van der Waals surface area contributed by atoms with Gasteiger partial charge in [-0.15, -0.1) is 0 Å². The summed E-state index contributed by atoms with van der Waals surface area (Å²) in [6, 6.07) is 0. The van der Waals surface area contributed by atoms with Gasteiger partial charge in [-0.2, -0.15) is 19.8 Å². The van der Waals surface area contributed by atoms with Crippen LogP contribution in [0.2, 0.25) is 0 Å². The first kappa shape index (κ1) is 203. The van der Waals surface area contributed by atoms with Crippen molar-refractivity contribution in [2.24, 2.45) is 0 Å². The van der Waals surface area contributed by atoms with Crippen LogP contribution in [0.1, 0.15) is 0 Å². The summed E-state index contributed by atoms with van der Waals surface area (Å²) in [6.45, 7) is 0. The van der Waals surface area contributed by atoms with Crippen LogP contribution in [0, 0.1) is 0 Å². The molecule has 0 aliphatic carbocycles. The predicted molar refractivity (Wildman–Crippen MR) is 42.7 cm³/mol. The van der Waals surface area contributed by atoms with Crippen molar-refractivity contribution in [1.82, 2.24) is 0 Å². The van der Waals surface area contributed by atoms with Crippen molar-refractivity contribution >= 4 is 74.4 Å². The molecule has 5 nitrogen and oxygen atoms in total. The number of rotatable bonds is 0. The number of hydrogen-bond donors (Lipinski definition) is 0. The van der Waals surface area contributed by atoms with Gasteiger partial charge in [0, 0.05) is 37.1 Å². The predicted octanol–water partition coefficient (Wildman–Crippen LogP) is -2.32. The van der Waals surface area contributed by atoms with E-state index in [-0.39, 0.29) is 139 Å². The molecule has 11 heteroatoms. The maximum Gasteiger partial charge on any atom is 0 e. The minimum Gasteiger partial charge on any atom is 0 e. The van der Waals surface area contributed by atoms with Gasteiger partial charge in [-0.1, -0.05) is 0 Å². The van der Waals surface area contributed by atoms with Crippen molar-refractivity contribution in [3.05, 3.63) is 0 Å². The zero-order chi connectivity index (χ0) is 0. The molecule has 2 atom stereocenters. The largest absolute Gasteiger partial charge is 0 e. The summed E-state index contributed by atoms with van der Waals surface area (Å²) in [7, 11) is 0. The third kappa shape index (κ3) is 138. The van der Waals surface area contributed by atoms with Crippen molar-refractivity contribution in [3.63, 3.8) is 0 Å². The van der Waals surface area contributed by atoms with E-state index in [9.17, 15) is 0 Å². The van der Waals surface area contributed by atoms with Crippen LogP contribution in [0.15, 0.2) is 0 Å². The van der Waals surface area contributed by atoms with E-state index >= 15 is 0 Å². The third-order valence-electron chi connectivity index (χ3n) is 0. The Morgan fingerprint density at radius 2 is 0.364 bits per heavy atom. The molecular formula is H10O5P2Pb2V2-10. The smallest absolute Gasteiger partial charge is 0 e. The molecule has 0 aromatic heterocycles. The average Bonchev–Trinajstić information content (AvgIpc) is 0. The van der Waals surface area contributed by atoms with Crippen molar-refractivity contribution in [1.29, 1.82) is 0 Å². The summed E-state index contributed by atoms with van der Waals surface area (Å²) in [4.78, 5) is 0. The molecular weight excluding hydrogens is 658 g/mol. The van der Waals surface area contributed by atoms with Gasteiger partial charge in [0.25, 0.3) is 0 Å². The molecule has 0 N–H and O–H groups in total. The van der Waals surface area contributed by atoms with Crippen LogP contribution in [-0.2, 0) is 64.5 Å². The molecule has 2 unspecified atom stereocenters. The van der Waals surface area contributed by atoms with Gasteiger partial charge in [-0.3, -0.25) is 0 Å². The van der Waals surface area contributed by atoms with E-state index in [1.807, 2.05) is 0 Å². The molecule has 0 aliphatic heterocycles. The van der Waals surface area contributed by atoms with Crippen molar-refractivity contribution in [2.75, 3.05) is 0 Å². The maximum absolute atomic E-state index is 0. The van der Waals surface area contributed by atoms with Crippen molar-refractivity contribution in [2.45, 2.75) is 0 Å².